The summed E-state index contributed by atoms with van der Waals surface area (Å²) in [6.45, 7) is 7.05. The van der Waals surface area contributed by atoms with Crippen LogP contribution in [0.2, 0.25) is 0 Å². The van der Waals surface area contributed by atoms with Gasteiger partial charge in [0.05, 0.1) is 0 Å². The molecular formula is C54H49N. The van der Waals surface area contributed by atoms with E-state index in [0.717, 1.165) is 17.8 Å². The SMILES string of the molecule is Cc1cccc2c1-c1ccc(N(c3ccc(-c4cc5ccccc5cc4-c4ccccc4)cc3)c3ccc(C45CC6CC(CC(C6)C4)C5)cc3)cc1C2(C)C. The van der Waals surface area contributed by atoms with Crippen molar-refractivity contribution in [2.45, 2.75) is 70.1 Å². The van der Waals surface area contributed by atoms with E-state index in [1.165, 1.54) is 116 Å². The van der Waals surface area contributed by atoms with E-state index in [9.17, 15) is 0 Å². The van der Waals surface area contributed by atoms with Crippen LogP contribution >= 0.6 is 0 Å². The van der Waals surface area contributed by atoms with Gasteiger partial charge >= 0.3 is 0 Å². The predicted octanol–water partition coefficient (Wildman–Crippen LogP) is 14.7. The lowest BCUT2D eigenvalue weighted by Gasteiger charge is -2.57. The maximum atomic E-state index is 2.50. The van der Waals surface area contributed by atoms with Gasteiger partial charge in [-0.3, -0.25) is 0 Å². The Morgan fingerprint density at radius 3 is 1.64 bits per heavy atom. The summed E-state index contributed by atoms with van der Waals surface area (Å²) in [6.07, 6.45) is 8.61. The third-order valence-electron chi connectivity index (χ3n) is 14.3. The van der Waals surface area contributed by atoms with Gasteiger partial charge in [-0.15, -0.1) is 0 Å². The van der Waals surface area contributed by atoms with Gasteiger partial charge in [0.15, 0.2) is 0 Å². The molecular weight excluding hydrogens is 663 g/mol. The van der Waals surface area contributed by atoms with Crippen molar-refractivity contribution in [3.8, 4) is 33.4 Å². The lowest BCUT2D eigenvalue weighted by Crippen LogP contribution is -2.48. The molecule has 0 saturated heterocycles. The summed E-state index contributed by atoms with van der Waals surface area (Å²) in [5.41, 5.74) is 17.5. The smallest absolute Gasteiger partial charge is 0.0465 e. The van der Waals surface area contributed by atoms with Crippen LogP contribution in [0.15, 0.2) is 152 Å². The summed E-state index contributed by atoms with van der Waals surface area (Å²) in [6, 6.07) is 57.5. The molecule has 270 valence electrons. The van der Waals surface area contributed by atoms with Crippen molar-refractivity contribution < 1.29 is 0 Å². The Morgan fingerprint density at radius 1 is 0.473 bits per heavy atom. The van der Waals surface area contributed by atoms with Crippen LogP contribution < -0.4 is 4.90 Å². The Hall–Kier alpha value is -5.40. The molecule has 12 rings (SSSR count). The minimum atomic E-state index is -0.0749. The first-order valence-electron chi connectivity index (χ1n) is 20.7. The molecule has 7 aromatic carbocycles. The van der Waals surface area contributed by atoms with Crippen molar-refractivity contribution in [1.29, 1.82) is 0 Å². The van der Waals surface area contributed by atoms with Gasteiger partial charge in [0.25, 0.3) is 0 Å². The van der Waals surface area contributed by atoms with Crippen LogP contribution in [0.1, 0.15) is 74.6 Å². The van der Waals surface area contributed by atoms with Gasteiger partial charge in [-0.05, 0) is 184 Å². The molecule has 0 aliphatic heterocycles. The van der Waals surface area contributed by atoms with Gasteiger partial charge < -0.3 is 4.90 Å². The molecule has 55 heavy (non-hydrogen) atoms. The minimum absolute atomic E-state index is 0.0749. The Kier molecular flexibility index (Phi) is 7.38. The molecule has 7 aromatic rings. The fraction of sp³-hybridized carbons (Fsp3) is 0.259. The fourth-order valence-electron chi connectivity index (χ4n) is 12.1. The van der Waals surface area contributed by atoms with E-state index in [0.29, 0.717) is 5.41 Å². The van der Waals surface area contributed by atoms with Gasteiger partial charge in [-0.2, -0.15) is 0 Å². The Balaban J connectivity index is 1.03. The molecule has 4 bridgehead atoms. The normalized spacial score (nSPS) is 22.8. The summed E-state index contributed by atoms with van der Waals surface area (Å²) >= 11 is 0. The molecule has 1 heteroatoms. The van der Waals surface area contributed by atoms with Gasteiger partial charge in [0.2, 0.25) is 0 Å². The van der Waals surface area contributed by atoms with Gasteiger partial charge in [-0.25, -0.2) is 0 Å². The van der Waals surface area contributed by atoms with Crippen LogP contribution in [-0.2, 0) is 10.8 Å². The largest absolute Gasteiger partial charge is 0.310 e. The number of fused-ring (bicyclic) bond motifs is 4. The van der Waals surface area contributed by atoms with Crippen molar-refractivity contribution in [3.05, 3.63) is 174 Å². The summed E-state index contributed by atoms with van der Waals surface area (Å²) in [7, 11) is 0. The number of rotatable bonds is 6. The van der Waals surface area contributed by atoms with Crippen molar-refractivity contribution >= 4 is 27.8 Å². The highest BCUT2D eigenvalue weighted by Gasteiger charge is 2.51. The number of hydrogen-bond acceptors (Lipinski definition) is 1. The van der Waals surface area contributed by atoms with E-state index < -0.39 is 0 Å². The van der Waals surface area contributed by atoms with E-state index in [2.05, 4.69) is 177 Å². The zero-order valence-corrected chi connectivity index (χ0v) is 32.4. The summed E-state index contributed by atoms with van der Waals surface area (Å²) in [5.74, 6) is 2.82. The lowest BCUT2D eigenvalue weighted by molar-refractivity contribution is -0.00518. The highest BCUT2D eigenvalue weighted by molar-refractivity contribution is 5.97. The summed E-state index contributed by atoms with van der Waals surface area (Å²) < 4.78 is 0. The molecule has 4 saturated carbocycles. The molecule has 0 radical (unpaired) electrons. The summed E-state index contributed by atoms with van der Waals surface area (Å²) in [4.78, 5) is 2.50. The van der Waals surface area contributed by atoms with Crippen LogP contribution in [0.3, 0.4) is 0 Å². The molecule has 0 atom stereocenters. The second-order valence-electron chi connectivity index (χ2n) is 18.1. The standard InChI is InChI=1S/C54H49N/c1-35-10-9-15-50-52(35)47-25-24-46(31-51(47)53(50,2)3)55(45-22-18-43(19-23-45)54-32-36-26-37(33-54)28-38(27-36)34-54)44-20-16-40(17-21-44)49-30-42-14-8-7-13-41(42)29-48(49)39-11-5-4-6-12-39/h4-25,29-31,36-38H,26-28,32-34H2,1-3H3. The molecule has 1 nitrogen and oxygen atoms in total. The zero-order chi connectivity index (χ0) is 36.9. The second kappa shape index (κ2) is 12.3. The third-order valence-corrected chi connectivity index (χ3v) is 14.3. The number of aryl methyl sites for hydroxylation is 1. The van der Waals surface area contributed by atoms with E-state index in [1.54, 1.807) is 5.56 Å². The first kappa shape index (κ1) is 33.0. The number of benzene rings is 7. The predicted molar refractivity (Wildman–Crippen MR) is 232 cm³/mol. The molecule has 0 heterocycles. The van der Waals surface area contributed by atoms with Crippen LogP contribution in [0.4, 0.5) is 17.1 Å². The first-order chi connectivity index (χ1) is 26.8. The van der Waals surface area contributed by atoms with Crippen molar-refractivity contribution in [2.75, 3.05) is 4.90 Å². The Morgan fingerprint density at radius 2 is 1.02 bits per heavy atom. The number of anilines is 3. The molecule has 0 N–H and O–H groups in total. The van der Waals surface area contributed by atoms with Crippen LogP contribution in [0, 0.1) is 24.7 Å². The van der Waals surface area contributed by atoms with Gasteiger partial charge in [-0.1, -0.05) is 117 Å². The minimum Gasteiger partial charge on any atom is -0.310 e. The quantitative estimate of drug-likeness (QED) is 0.166. The van der Waals surface area contributed by atoms with Crippen molar-refractivity contribution in [3.63, 3.8) is 0 Å². The van der Waals surface area contributed by atoms with E-state index >= 15 is 0 Å². The topological polar surface area (TPSA) is 3.24 Å². The fourth-order valence-corrected chi connectivity index (χ4v) is 12.1. The molecule has 0 amide bonds. The zero-order valence-electron chi connectivity index (χ0n) is 32.4. The average molecular weight is 712 g/mol. The third kappa shape index (κ3) is 5.26. The second-order valence-corrected chi connectivity index (χ2v) is 18.1. The van der Waals surface area contributed by atoms with Crippen LogP contribution in [0.5, 0.6) is 0 Å². The van der Waals surface area contributed by atoms with E-state index in [-0.39, 0.29) is 5.41 Å². The van der Waals surface area contributed by atoms with Crippen molar-refractivity contribution in [1.82, 2.24) is 0 Å². The molecule has 5 aliphatic carbocycles. The van der Waals surface area contributed by atoms with E-state index in [1.807, 2.05) is 0 Å². The number of hydrogen-bond donors (Lipinski definition) is 0. The van der Waals surface area contributed by atoms with Gasteiger partial charge in [0.1, 0.15) is 0 Å². The van der Waals surface area contributed by atoms with Crippen LogP contribution in [0.25, 0.3) is 44.2 Å². The Bertz CT molecular complexity index is 2560. The molecule has 0 spiro atoms. The molecule has 0 unspecified atom stereocenters. The van der Waals surface area contributed by atoms with Crippen LogP contribution in [-0.4, -0.2) is 0 Å². The lowest BCUT2D eigenvalue weighted by atomic mass is 9.48. The number of nitrogens with zero attached hydrogens (tertiary/aromatic N) is 1. The highest BCUT2D eigenvalue weighted by Crippen LogP contribution is 2.61. The monoisotopic (exact) mass is 711 g/mol. The maximum Gasteiger partial charge on any atom is 0.0465 e. The molecule has 4 fully saturated rings. The van der Waals surface area contributed by atoms with Gasteiger partial charge in [0, 0.05) is 22.5 Å². The molecule has 5 aliphatic rings. The Labute approximate surface area is 326 Å². The van der Waals surface area contributed by atoms with Crippen molar-refractivity contribution in [2.24, 2.45) is 17.8 Å². The highest BCUT2D eigenvalue weighted by atomic mass is 15.1. The average Bonchev–Trinajstić information content (AvgIpc) is 3.44. The molecule has 0 aromatic heterocycles. The van der Waals surface area contributed by atoms with E-state index in [4.69, 9.17) is 0 Å². The maximum absolute atomic E-state index is 2.50. The summed E-state index contributed by atoms with van der Waals surface area (Å²) in [5, 5.41) is 2.53. The first-order valence-corrected chi connectivity index (χ1v) is 20.7.